The molecule has 0 bridgehead atoms. The summed E-state index contributed by atoms with van der Waals surface area (Å²) in [6.07, 6.45) is 3.71. The lowest BCUT2D eigenvalue weighted by molar-refractivity contribution is 0.241. The third-order valence-electron chi connectivity index (χ3n) is 4.85. The Labute approximate surface area is 138 Å². The zero-order valence-corrected chi connectivity index (χ0v) is 14.5. The van der Waals surface area contributed by atoms with Crippen LogP contribution in [-0.2, 0) is 9.84 Å². The predicted molar refractivity (Wildman–Crippen MR) is 90.8 cm³/mol. The van der Waals surface area contributed by atoms with Crippen molar-refractivity contribution in [3.63, 3.8) is 0 Å². The highest BCUT2D eigenvalue weighted by molar-refractivity contribution is 7.91. The van der Waals surface area contributed by atoms with Crippen molar-refractivity contribution in [2.45, 2.75) is 12.8 Å². The van der Waals surface area contributed by atoms with Gasteiger partial charge in [-0.1, -0.05) is 0 Å². The van der Waals surface area contributed by atoms with Crippen LogP contribution in [0.4, 0.5) is 5.69 Å². The molecule has 0 amide bonds. The van der Waals surface area contributed by atoms with Gasteiger partial charge in [-0.25, -0.2) is 13.4 Å². The lowest BCUT2D eigenvalue weighted by Crippen LogP contribution is -2.46. The van der Waals surface area contributed by atoms with E-state index in [4.69, 9.17) is 4.74 Å². The third kappa shape index (κ3) is 4.35. The van der Waals surface area contributed by atoms with E-state index in [1.165, 1.54) is 0 Å². The number of ether oxygens (including phenoxy) is 1. The van der Waals surface area contributed by atoms with Gasteiger partial charge in [-0.3, -0.25) is 4.90 Å². The molecule has 2 fully saturated rings. The minimum absolute atomic E-state index is 0.365. The summed E-state index contributed by atoms with van der Waals surface area (Å²) in [6, 6.07) is 3.94. The van der Waals surface area contributed by atoms with E-state index in [0.29, 0.717) is 23.3 Å². The first-order valence-corrected chi connectivity index (χ1v) is 10.1. The standard InChI is InChI=1S/C16H25N3O3S/c1-22-16-3-2-15(12-17-16)19-9-7-18(8-10-19)6-4-14-5-11-23(20,21)13-14/h2-3,12,14H,4-11,13H2,1H3. The van der Waals surface area contributed by atoms with E-state index in [2.05, 4.69) is 14.8 Å². The molecular formula is C16H25N3O3S. The second kappa shape index (κ2) is 7.05. The summed E-state index contributed by atoms with van der Waals surface area (Å²) in [4.78, 5) is 9.04. The summed E-state index contributed by atoms with van der Waals surface area (Å²) < 4.78 is 28.1. The zero-order valence-electron chi connectivity index (χ0n) is 13.6. The molecule has 2 aliphatic rings. The van der Waals surface area contributed by atoms with E-state index in [1.807, 2.05) is 18.3 Å². The molecule has 128 valence electrons. The molecule has 0 aromatic carbocycles. The van der Waals surface area contributed by atoms with Gasteiger partial charge in [0.25, 0.3) is 0 Å². The van der Waals surface area contributed by atoms with Crippen LogP contribution in [0.5, 0.6) is 5.88 Å². The van der Waals surface area contributed by atoms with Gasteiger partial charge in [-0.05, 0) is 31.4 Å². The molecule has 0 aliphatic carbocycles. The Hall–Kier alpha value is -1.34. The van der Waals surface area contributed by atoms with Crippen molar-refractivity contribution in [3.05, 3.63) is 18.3 Å². The van der Waals surface area contributed by atoms with Crippen molar-refractivity contribution in [2.75, 3.05) is 56.2 Å². The molecule has 7 heteroatoms. The quantitative estimate of drug-likeness (QED) is 0.799. The molecule has 23 heavy (non-hydrogen) atoms. The van der Waals surface area contributed by atoms with Crippen molar-refractivity contribution in [3.8, 4) is 5.88 Å². The van der Waals surface area contributed by atoms with E-state index in [1.54, 1.807) is 7.11 Å². The summed E-state index contributed by atoms with van der Waals surface area (Å²) in [6.45, 7) is 5.01. The summed E-state index contributed by atoms with van der Waals surface area (Å²) in [5.74, 6) is 1.78. The molecule has 0 saturated carbocycles. The topological polar surface area (TPSA) is 62.7 Å². The summed E-state index contributed by atoms with van der Waals surface area (Å²) in [5.41, 5.74) is 1.13. The Kier molecular flexibility index (Phi) is 5.06. The van der Waals surface area contributed by atoms with Crippen LogP contribution >= 0.6 is 0 Å². The van der Waals surface area contributed by atoms with Crippen molar-refractivity contribution < 1.29 is 13.2 Å². The average Bonchev–Trinajstić information content (AvgIpc) is 2.93. The second-order valence-corrected chi connectivity index (χ2v) is 8.67. The number of rotatable bonds is 5. The van der Waals surface area contributed by atoms with Gasteiger partial charge in [-0.15, -0.1) is 0 Å². The largest absolute Gasteiger partial charge is 0.481 e. The van der Waals surface area contributed by atoms with Gasteiger partial charge in [0.2, 0.25) is 5.88 Å². The van der Waals surface area contributed by atoms with Crippen LogP contribution in [0, 0.1) is 5.92 Å². The number of pyridine rings is 1. The average molecular weight is 339 g/mol. The fourth-order valence-electron chi connectivity index (χ4n) is 3.37. The number of hydrogen-bond donors (Lipinski definition) is 0. The molecule has 6 nitrogen and oxygen atoms in total. The van der Waals surface area contributed by atoms with Gasteiger partial charge in [0.1, 0.15) is 0 Å². The maximum atomic E-state index is 11.5. The number of nitrogens with zero attached hydrogens (tertiary/aromatic N) is 3. The van der Waals surface area contributed by atoms with Gasteiger partial charge >= 0.3 is 0 Å². The maximum Gasteiger partial charge on any atom is 0.213 e. The maximum absolute atomic E-state index is 11.5. The van der Waals surface area contributed by atoms with Crippen LogP contribution in [0.15, 0.2) is 18.3 Å². The van der Waals surface area contributed by atoms with Crippen LogP contribution in [0.1, 0.15) is 12.8 Å². The first kappa shape index (κ1) is 16.5. The predicted octanol–water partition coefficient (Wildman–Crippen LogP) is 1.04. The van der Waals surface area contributed by atoms with Crippen LogP contribution < -0.4 is 9.64 Å². The van der Waals surface area contributed by atoms with Gasteiger partial charge in [-0.2, -0.15) is 0 Å². The first-order valence-electron chi connectivity index (χ1n) is 8.23. The van der Waals surface area contributed by atoms with Crippen LogP contribution in [-0.4, -0.2) is 69.6 Å². The van der Waals surface area contributed by atoms with E-state index in [-0.39, 0.29) is 0 Å². The van der Waals surface area contributed by atoms with Crippen LogP contribution in [0.25, 0.3) is 0 Å². The molecule has 1 aromatic heterocycles. The molecule has 2 saturated heterocycles. The highest BCUT2D eigenvalue weighted by Crippen LogP contribution is 2.23. The number of sulfone groups is 1. The van der Waals surface area contributed by atoms with Gasteiger partial charge in [0, 0.05) is 32.2 Å². The lowest BCUT2D eigenvalue weighted by Gasteiger charge is -2.36. The Morgan fingerprint density at radius 3 is 2.61 bits per heavy atom. The minimum Gasteiger partial charge on any atom is -0.481 e. The first-order chi connectivity index (χ1) is 11.1. The number of hydrogen-bond acceptors (Lipinski definition) is 6. The van der Waals surface area contributed by atoms with E-state index >= 15 is 0 Å². The fraction of sp³-hybridized carbons (Fsp3) is 0.688. The molecule has 1 aromatic rings. The van der Waals surface area contributed by atoms with Gasteiger partial charge in [0.05, 0.1) is 30.5 Å². The SMILES string of the molecule is COc1ccc(N2CCN(CCC3CCS(=O)(=O)C3)CC2)cn1. The molecule has 1 atom stereocenters. The van der Waals surface area contributed by atoms with Crippen molar-refractivity contribution in [1.82, 2.24) is 9.88 Å². The monoisotopic (exact) mass is 339 g/mol. The van der Waals surface area contributed by atoms with Crippen molar-refractivity contribution in [1.29, 1.82) is 0 Å². The van der Waals surface area contributed by atoms with Gasteiger partial charge < -0.3 is 9.64 Å². The Morgan fingerprint density at radius 2 is 2.04 bits per heavy atom. The molecule has 2 aliphatic heterocycles. The van der Waals surface area contributed by atoms with E-state index < -0.39 is 9.84 Å². The van der Waals surface area contributed by atoms with Gasteiger partial charge in [0.15, 0.2) is 9.84 Å². The third-order valence-corrected chi connectivity index (χ3v) is 6.68. The van der Waals surface area contributed by atoms with Crippen LogP contribution in [0.3, 0.4) is 0 Å². The summed E-state index contributed by atoms with van der Waals surface area (Å²) in [7, 11) is -1.12. The number of aromatic nitrogens is 1. The zero-order chi connectivity index (χ0) is 16.3. The molecule has 3 rings (SSSR count). The van der Waals surface area contributed by atoms with E-state index in [0.717, 1.165) is 51.3 Å². The highest BCUT2D eigenvalue weighted by Gasteiger charge is 2.28. The van der Waals surface area contributed by atoms with Crippen molar-refractivity contribution in [2.24, 2.45) is 5.92 Å². The summed E-state index contributed by atoms with van der Waals surface area (Å²) >= 11 is 0. The molecule has 3 heterocycles. The molecule has 0 spiro atoms. The Bertz CT molecular complexity index is 610. The molecular weight excluding hydrogens is 314 g/mol. The highest BCUT2D eigenvalue weighted by atomic mass is 32.2. The molecule has 0 radical (unpaired) electrons. The second-order valence-electron chi connectivity index (χ2n) is 6.45. The van der Waals surface area contributed by atoms with Crippen molar-refractivity contribution >= 4 is 15.5 Å². The Balaban J connectivity index is 1.43. The molecule has 0 N–H and O–H groups in total. The Morgan fingerprint density at radius 1 is 1.26 bits per heavy atom. The van der Waals surface area contributed by atoms with Crippen LogP contribution in [0.2, 0.25) is 0 Å². The normalized spacial score (nSPS) is 24.7. The number of piperazine rings is 1. The van der Waals surface area contributed by atoms with E-state index in [9.17, 15) is 8.42 Å². The summed E-state index contributed by atoms with van der Waals surface area (Å²) in [5, 5.41) is 0. The molecule has 1 unspecified atom stereocenters. The lowest BCUT2D eigenvalue weighted by atomic mass is 10.0. The number of anilines is 1. The number of methoxy groups -OCH3 is 1. The smallest absolute Gasteiger partial charge is 0.213 e. The fourth-order valence-corrected chi connectivity index (χ4v) is 5.29. The minimum atomic E-state index is -2.74.